The minimum absolute atomic E-state index is 0.474. The summed E-state index contributed by atoms with van der Waals surface area (Å²) in [5, 5.41) is 14.9. The van der Waals surface area contributed by atoms with Crippen molar-refractivity contribution in [3.63, 3.8) is 0 Å². The summed E-state index contributed by atoms with van der Waals surface area (Å²) in [6, 6.07) is 2.97. The van der Waals surface area contributed by atoms with Crippen LogP contribution in [0.1, 0.15) is 44.2 Å². The van der Waals surface area contributed by atoms with Crippen molar-refractivity contribution in [2.75, 3.05) is 5.32 Å². The van der Waals surface area contributed by atoms with Gasteiger partial charge in [0.05, 0.1) is 11.4 Å². The maximum atomic E-state index is 12.1. The Balaban J connectivity index is 2.08. The molecule has 1 aliphatic rings. The molecule has 0 radical (unpaired) electrons. The number of carbonyl (C=O) groups excluding carboxylic acids is 1. The monoisotopic (exact) mass is 291 g/mol. The summed E-state index contributed by atoms with van der Waals surface area (Å²) in [6.07, 6.45) is 6.25. The standard InChI is InChI=1S/C15H21N3O3/c1-11-12(7-6-10-16-11)17-14(21)18-15(13(19)20)8-4-2-3-5-9-15/h6-7,10H,2-5,8-9H2,1H3,(H,19,20)(H2,17,18,21). The van der Waals surface area contributed by atoms with Gasteiger partial charge >= 0.3 is 12.0 Å². The molecule has 0 aromatic carbocycles. The molecule has 1 fully saturated rings. The van der Waals surface area contributed by atoms with Crippen LogP contribution >= 0.6 is 0 Å². The largest absolute Gasteiger partial charge is 0.480 e. The molecule has 1 saturated carbocycles. The molecule has 2 rings (SSSR count). The number of pyridine rings is 1. The fourth-order valence-electron chi connectivity index (χ4n) is 2.71. The normalized spacial score (nSPS) is 17.6. The number of aromatic nitrogens is 1. The molecule has 1 heterocycles. The predicted molar refractivity (Wildman–Crippen MR) is 79.2 cm³/mol. The summed E-state index contributed by atoms with van der Waals surface area (Å²) >= 11 is 0. The van der Waals surface area contributed by atoms with Crippen LogP contribution in [-0.4, -0.2) is 27.6 Å². The molecule has 2 amide bonds. The number of carbonyl (C=O) groups is 2. The number of rotatable bonds is 3. The third-order valence-electron chi connectivity index (χ3n) is 3.97. The van der Waals surface area contributed by atoms with Crippen molar-refractivity contribution in [2.45, 2.75) is 51.0 Å². The van der Waals surface area contributed by atoms with Crippen LogP contribution in [0.3, 0.4) is 0 Å². The van der Waals surface area contributed by atoms with Gasteiger partial charge in [-0.1, -0.05) is 25.7 Å². The minimum atomic E-state index is -1.16. The van der Waals surface area contributed by atoms with Crippen molar-refractivity contribution in [1.29, 1.82) is 0 Å². The Kier molecular flexibility index (Phi) is 4.77. The van der Waals surface area contributed by atoms with Gasteiger partial charge in [0, 0.05) is 6.20 Å². The van der Waals surface area contributed by atoms with Gasteiger partial charge in [-0.2, -0.15) is 0 Å². The number of nitrogens with one attached hydrogen (secondary N) is 2. The number of aliphatic carboxylic acids is 1. The zero-order valence-corrected chi connectivity index (χ0v) is 12.2. The molecule has 6 nitrogen and oxygen atoms in total. The number of nitrogens with zero attached hydrogens (tertiary/aromatic N) is 1. The highest BCUT2D eigenvalue weighted by molar-refractivity contribution is 5.94. The Morgan fingerprint density at radius 1 is 1.24 bits per heavy atom. The van der Waals surface area contributed by atoms with Gasteiger partial charge < -0.3 is 15.7 Å². The molecule has 1 aliphatic carbocycles. The summed E-state index contributed by atoms with van der Waals surface area (Å²) in [6.45, 7) is 1.79. The van der Waals surface area contributed by atoms with Crippen LogP contribution in [0.5, 0.6) is 0 Å². The summed E-state index contributed by atoms with van der Waals surface area (Å²) in [5.74, 6) is -0.956. The van der Waals surface area contributed by atoms with E-state index in [-0.39, 0.29) is 0 Å². The second kappa shape index (κ2) is 6.56. The lowest BCUT2D eigenvalue weighted by Crippen LogP contribution is -2.55. The molecule has 21 heavy (non-hydrogen) atoms. The lowest BCUT2D eigenvalue weighted by molar-refractivity contribution is -0.145. The van der Waals surface area contributed by atoms with Gasteiger partial charge in [-0.05, 0) is 31.9 Å². The maximum Gasteiger partial charge on any atom is 0.329 e. The van der Waals surface area contributed by atoms with Crippen LogP contribution in [0.25, 0.3) is 0 Å². The topological polar surface area (TPSA) is 91.3 Å². The van der Waals surface area contributed by atoms with E-state index in [0.717, 1.165) is 25.7 Å². The van der Waals surface area contributed by atoms with E-state index in [4.69, 9.17) is 0 Å². The Hall–Kier alpha value is -2.11. The first kappa shape index (κ1) is 15.3. The number of hydrogen-bond acceptors (Lipinski definition) is 3. The van der Waals surface area contributed by atoms with Gasteiger partial charge in [0.25, 0.3) is 0 Å². The van der Waals surface area contributed by atoms with Crippen molar-refractivity contribution in [2.24, 2.45) is 0 Å². The summed E-state index contributed by atoms with van der Waals surface area (Å²) in [7, 11) is 0. The molecule has 0 unspecified atom stereocenters. The number of carboxylic acid groups (broad SMARTS) is 1. The molecule has 1 aromatic heterocycles. The van der Waals surface area contributed by atoms with Crippen LogP contribution < -0.4 is 10.6 Å². The van der Waals surface area contributed by atoms with Gasteiger partial charge in [0.15, 0.2) is 0 Å². The Bertz CT molecular complexity index is 523. The first-order chi connectivity index (χ1) is 10.0. The fourth-order valence-corrected chi connectivity index (χ4v) is 2.71. The van der Waals surface area contributed by atoms with Crippen LogP contribution in [0.15, 0.2) is 18.3 Å². The zero-order valence-electron chi connectivity index (χ0n) is 12.2. The van der Waals surface area contributed by atoms with Crippen molar-refractivity contribution in [3.05, 3.63) is 24.0 Å². The van der Waals surface area contributed by atoms with Gasteiger partial charge in [-0.25, -0.2) is 9.59 Å². The lowest BCUT2D eigenvalue weighted by Gasteiger charge is -2.29. The van der Waals surface area contributed by atoms with Gasteiger partial charge in [0.2, 0.25) is 0 Å². The van der Waals surface area contributed by atoms with E-state index in [1.165, 1.54) is 0 Å². The number of aryl methyl sites for hydroxylation is 1. The van der Waals surface area contributed by atoms with E-state index < -0.39 is 17.5 Å². The second-order valence-electron chi connectivity index (χ2n) is 5.52. The first-order valence-corrected chi connectivity index (χ1v) is 7.28. The van der Waals surface area contributed by atoms with Crippen LogP contribution in [0.2, 0.25) is 0 Å². The number of anilines is 1. The summed E-state index contributed by atoms with van der Waals surface area (Å²) in [5.41, 5.74) is 0.124. The molecule has 1 aromatic rings. The first-order valence-electron chi connectivity index (χ1n) is 7.28. The molecule has 0 spiro atoms. The third-order valence-corrected chi connectivity index (χ3v) is 3.97. The van der Waals surface area contributed by atoms with E-state index in [1.54, 1.807) is 25.3 Å². The van der Waals surface area contributed by atoms with Crippen molar-refractivity contribution in [1.82, 2.24) is 10.3 Å². The fraction of sp³-hybridized carbons (Fsp3) is 0.533. The molecule has 6 heteroatoms. The van der Waals surface area contributed by atoms with Crippen molar-refractivity contribution >= 4 is 17.7 Å². The highest BCUT2D eigenvalue weighted by atomic mass is 16.4. The smallest absolute Gasteiger partial charge is 0.329 e. The molecular weight excluding hydrogens is 270 g/mol. The van der Waals surface area contributed by atoms with E-state index in [1.807, 2.05) is 0 Å². The van der Waals surface area contributed by atoms with E-state index in [0.29, 0.717) is 24.2 Å². The number of hydrogen-bond donors (Lipinski definition) is 3. The maximum absolute atomic E-state index is 12.1. The average Bonchev–Trinajstić information content (AvgIpc) is 2.68. The Morgan fingerprint density at radius 2 is 1.90 bits per heavy atom. The quantitative estimate of drug-likeness (QED) is 0.747. The molecule has 114 valence electrons. The van der Waals surface area contributed by atoms with E-state index in [9.17, 15) is 14.7 Å². The second-order valence-corrected chi connectivity index (χ2v) is 5.52. The molecule has 0 saturated heterocycles. The lowest BCUT2D eigenvalue weighted by atomic mass is 9.90. The average molecular weight is 291 g/mol. The van der Waals surface area contributed by atoms with Gasteiger partial charge in [-0.15, -0.1) is 0 Å². The SMILES string of the molecule is Cc1ncccc1NC(=O)NC1(C(=O)O)CCCCCC1. The van der Waals surface area contributed by atoms with E-state index in [2.05, 4.69) is 15.6 Å². The van der Waals surface area contributed by atoms with Crippen molar-refractivity contribution in [3.8, 4) is 0 Å². The summed E-state index contributed by atoms with van der Waals surface area (Å²) < 4.78 is 0. The van der Waals surface area contributed by atoms with E-state index >= 15 is 0 Å². The zero-order chi connectivity index (χ0) is 15.3. The third kappa shape index (κ3) is 3.71. The van der Waals surface area contributed by atoms with Gasteiger partial charge in [0.1, 0.15) is 5.54 Å². The van der Waals surface area contributed by atoms with Crippen LogP contribution in [-0.2, 0) is 4.79 Å². The molecule has 0 atom stereocenters. The molecule has 0 aliphatic heterocycles. The number of amides is 2. The Morgan fingerprint density at radius 3 is 2.48 bits per heavy atom. The predicted octanol–water partition coefficient (Wildman–Crippen LogP) is 2.69. The highest BCUT2D eigenvalue weighted by Crippen LogP contribution is 2.27. The number of urea groups is 1. The van der Waals surface area contributed by atoms with Crippen molar-refractivity contribution < 1.29 is 14.7 Å². The van der Waals surface area contributed by atoms with Crippen LogP contribution in [0, 0.1) is 6.92 Å². The molecule has 3 N–H and O–H groups in total. The number of carboxylic acids is 1. The highest BCUT2D eigenvalue weighted by Gasteiger charge is 2.40. The molecule has 0 bridgehead atoms. The van der Waals surface area contributed by atoms with Gasteiger partial charge in [-0.3, -0.25) is 4.98 Å². The van der Waals surface area contributed by atoms with Crippen LogP contribution in [0.4, 0.5) is 10.5 Å². The molecular formula is C15H21N3O3. The Labute approximate surface area is 124 Å². The summed E-state index contributed by atoms with van der Waals surface area (Å²) in [4.78, 5) is 27.9. The minimum Gasteiger partial charge on any atom is -0.480 e.